The lowest BCUT2D eigenvalue weighted by Gasteiger charge is -2.36. The predicted octanol–water partition coefficient (Wildman–Crippen LogP) is 5.56. The molecular formula is C20H35NO. The fraction of sp³-hybridized carbons (Fsp3) is 0.700. The van der Waals surface area contributed by atoms with E-state index in [9.17, 15) is 0 Å². The largest absolute Gasteiger partial charge is 0.494 e. The van der Waals surface area contributed by atoms with E-state index in [1.165, 1.54) is 24.8 Å². The second-order valence-electron chi connectivity index (χ2n) is 7.82. The van der Waals surface area contributed by atoms with Crippen LogP contribution in [0.5, 0.6) is 5.75 Å². The van der Waals surface area contributed by atoms with Gasteiger partial charge in [-0.15, -0.1) is 0 Å². The Labute approximate surface area is 137 Å². The van der Waals surface area contributed by atoms with Gasteiger partial charge in [0.1, 0.15) is 5.75 Å². The first-order valence-corrected chi connectivity index (χ1v) is 8.75. The minimum Gasteiger partial charge on any atom is -0.494 e. The first kappa shape index (κ1) is 19.0. The summed E-state index contributed by atoms with van der Waals surface area (Å²) in [5.41, 5.74) is 1.85. The lowest BCUT2D eigenvalue weighted by Crippen LogP contribution is -2.42. The minimum atomic E-state index is 0.149. The molecule has 0 fully saturated rings. The topological polar surface area (TPSA) is 21.3 Å². The average Bonchev–Trinajstić information content (AvgIpc) is 2.43. The van der Waals surface area contributed by atoms with Crippen molar-refractivity contribution in [2.75, 3.05) is 6.61 Å². The van der Waals surface area contributed by atoms with Crippen LogP contribution in [0.25, 0.3) is 0 Å². The van der Waals surface area contributed by atoms with Crippen LogP contribution in [0.4, 0.5) is 0 Å². The van der Waals surface area contributed by atoms with Crippen molar-refractivity contribution < 1.29 is 4.74 Å². The smallest absolute Gasteiger partial charge is 0.119 e. The van der Waals surface area contributed by atoms with E-state index in [2.05, 4.69) is 71.1 Å². The van der Waals surface area contributed by atoms with Gasteiger partial charge in [-0.05, 0) is 56.2 Å². The molecule has 1 rings (SSSR count). The van der Waals surface area contributed by atoms with Crippen molar-refractivity contribution in [3.8, 4) is 5.75 Å². The molecule has 1 aromatic rings. The number of rotatable bonds is 10. The van der Waals surface area contributed by atoms with Gasteiger partial charge in [0, 0.05) is 12.1 Å². The first-order valence-electron chi connectivity index (χ1n) is 8.75. The summed E-state index contributed by atoms with van der Waals surface area (Å²) in [4.78, 5) is 0. The summed E-state index contributed by atoms with van der Waals surface area (Å²) in [6.45, 7) is 15.5. The lowest BCUT2D eigenvalue weighted by molar-refractivity contribution is 0.206. The van der Waals surface area contributed by atoms with Crippen LogP contribution in [0.15, 0.2) is 24.3 Å². The van der Waals surface area contributed by atoms with E-state index in [0.717, 1.165) is 25.3 Å². The number of benzene rings is 1. The van der Waals surface area contributed by atoms with E-state index >= 15 is 0 Å². The second-order valence-corrected chi connectivity index (χ2v) is 7.82. The number of hydrogen-bond donors (Lipinski definition) is 1. The molecule has 2 nitrogen and oxygen atoms in total. The van der Waals surface area contributed by atoms with Crippen molar-refractivity contribution in [3.63, 3.8) is 0 Å². The molecule has 0 saturated carbocycles. The molecule has 2 heteroatoms. The van der Waals surface area contributed by atoms with Gasteiger partial charge >= 0.3 is 0 Å². The zero-order valence-corrected chi connectivity index (χ0v) is 15.5. The fourth-order valence-electron chi connectivity index (χ4n) is 3.29. The molecule has 0 heterocycles. The molecular weight excluding hydrogens is 270 g/mol. The molecule has 126 valence electrons. The third-order valence-electron chi connectivity index (χ3n) is 4.01. The zero-order valence-electron chi connectivity index (χ0n) is 15.5. The number of hydrogen-bond acceptors (Lipinski definition) is 2. The Kier molecular flexibility index (Phi) is 7.41. The fourth-order valence-corrected chi connectivity index (χ4v) is 3.29. The van der Waals surface area contributed by atoms with E-state index in [1.54, 1.807) is 0 Å². The molecule has 0 radical (unpaired) electrons. The molecule has 0 spiro atoms. The van der Waals surface area contributed by atoms with Crippen LogP contribution >= 0.6 is 0 Å². The van der Waals surface area contributed by atoms with Gasteiger partial charge in [0.25, 0.3) is 0 Å². The van der Waals surface area contributed by atoms with Crippen molar-refractivity contribution >= 4 is 0 Å². The molecule has 22 heavy (non-hydrogen) atoms. The van der Waals surface area contributed by atoms with E-state index in [4.69, 9.17) is 4.74 Å². The van der Waals surface area contributed by atoms with Gasteiger partial charge in [0.05, 0.1) is 6.61 Å². The molecule has 0 aliphatic heterocycles. The van der Waals surface area contributed by atoms with Crippen LogP contribution in [0.3, 0.4) is 0 Å². The molecule has 1 N–H and O–H groups in total. The summed E-state index contributed by atoms with van der Waals surface area (Å²) in [5, 5.41) is 3.71. The van der Waals surface area contributed by atoms with Crippen molar-refractivity contribution in [2.24, 2.45) is 5.41 Å². The van der Waals surface area contributed by atoms with Gasteiger partial charge in [0.2, 0.25) is 0 Å². The molecule has 0 aliphatic rings. The van der Waals surface area contributed by atoms with Crippen LogP contribution in [-0.4, -0.2) is 12.1 Å². The number of ether oxygens (including phenoxy) is 1. The van der Waals surface area contributed by atoms with E-state index in [1.807, 2.05) is 0 Å². The third-order valence-corrected chi connectivity index (χ3v) is 4.01. The molecule has 0 unspecified atom stereocenters. The van der Waals surface area contributed by atoms with Crippen LogP contribution in [-0.2, 0) is 6.54 Å². The molecule has 0 saturated heterocycles. The first-order chi connectivity index (χ1) is 10.3. The highest BCUT2D eigenvalue weighted by molar-refractivity contribution is 5.27. The Morgan fingerprint density at radius 2 is 1.59 bits per heavy atom. The van der Waals surface area contributed by atoms with E-state index in [-0.39, 0.29) is 5.54 Å². The molecule has 1 aromatic carbocycles. The van der Waals surface area contributed by atoms with Gasteiger partial charge in [-0.2, -0.15) is 0 Å². The van der Waals surface area contributed by atoms with Crippen molar-refractivity contribution in [3.05, 3.63) is 29.8 Å². The summed E-state index contributed by atoms with van der Waals surface area (Å²) in [7, 11) is 0. The third kappa shape index (κ3) is 7.31. The Balaban J connectivity index is 2.50. The minimum absolute atomic E-state index is 0.149. The van der Waals surface area contributed by atoms with Gasteiger partial charge in [-0.1, -0.05) is 46.2 Å². The van der Waals surface area contributed by atoms with Crippen molar-refractivity contribution in [1.29, 1.82) is 0 Å². The van der Waals surface area contributed by atoms with Crippen LogP contribution in [0.2, 0.25) is 0 Å². The Morgan fingerprint density at radius 3 is 2.14 bits per heavy atom. The monoisotopic (exact) mass is 305 g/mol. The van der Waals surface area contributed by atoms with Gasteiger partial charge < -0.3 is 10.1 Å². The highest BCUT2D eigenvalue weighted by Crippen LogP contribution is 2.32. The normalized spacial score (nSPS) is 12.5. The van der Waals surface area contributed by atoms with Crippen LogP contribution in [0, 0.1) is 5.41 Å². The summed E-state index contributed by atoms with van der Waals surface area (Å²) in [6, 6.07) is 8.46. The second kappa shape index (κ2) is 8.57. The predicted molar refractivity (Wildman–Crippen MR) is 96.5 cm³/mol. The Hall–Kier alpha value is -1.02. The van der Waals surface area contributed by atoms with Crippen molar-refractivity contribution in [1.82, 2.24) is 5.32 Å². The summed E-state index contributed by atoms with van der Waals surface area (Å²) in [5.74, 6) is 0.967. The van der Waals surface area contributed by atoms with Crippen LogP contribution in [0.1, 0.15) is 72.8 Å². The maximum Gasteiger partial charge on any atom is 0.119 e. The number of nitrogens with one attached hydrogen (secondary N) is 1. The lowest BCUT2D eigenvalue weighted by atomic mass is 9.77. The maximum absolute atomic E-state index is 5.63. The van der Waals surface area contributed by atoms with Crippen molar-refractivity contribution in [2.45, 2.75) is 79.3 Å². The molecule has 0 bridgehead atoms. The molecule has 0 atom stereocenters. The summed E-state index contributed by atoms with van der Waals surface area (Å²) in [6.07, 6.45) is 4.76. The standard InChI is InChI=1S/C20H35NO/c1-7-13-19(3,4)16-20(5,6)21-15-17-9-11-18(12-10-17)22-14-8-2/h9-12,21H,7-8,13-16H2,1-6H3. The SMILES string of the molecule is CCCOc1ccc(CNC(C)(C)CC(C)(C)CCC)cc1. The van der Waals surface area contributed by atoms with E-state index < -0.39 is 0 Å². The Bertz CT molecular complexity index is 420. The maximum atomic E-state index is 5.63. The molecule has 0 amide bonds. The van der Waals surface area contributed by atoms with Gasteiger partial charge in [0.15, 0.2) is 0 Å². The average molecular weight is 306 g/mol. The molecule has 0 aliphatic carbocycles. The zero-order chi connectivity index (χ0) is 16.6. The van der Waals surface area contributed by atoms with Gasteiger partial charge in [-0.3, -0.25) is 0 Å². The highest BCUT2D eigenvalue weighted by Gasteiger charge is 2.27. The van der Waals surface area contributed by atoms with Gasteiger partial charge in [-0.25, -0.2) is 0 Å². The molecule has 0 aromatic heterocycles. The van der Waals surface area contributed by atoms with E-state index in [0.29, 0.717) is 5.41 Å². The quantitative estimate of drug-likeness (QED) is 0.611. The summed E-state index contributed by atoms with van der Waals surface area (Å²) < 4.78 is 5.63. The Morgan fingerprint density at radius 1 is 0.955 bits per heavy atom. The summed E-state index contributed by atoms with van der Waals surface area (Å²) >= 11 is 0. The highest BCUT2D eigenvalue weighted by atomic mass is 16.5. The van der Waals surface area contributed by atoms with Crippen LogP contribution < -0.4 is 10.1 Å².